The van der Waals surface area contributed by atoms with E-state index in [0.717, 1.165) is 11.3 Å². The van der Waals surface area contributed by atoms with Crippen LogP contribution in [0.5, 0.6) is 0 Å². The molecule has 1 aromatic carbocycles. The van der Waals surface area contributed by atoms with Gasteiger partial charge in [-0.1, -0.05) is 44.2 Å². The maximum Gasteiger partial charge on any atom is 0.340 e. The Balaban J connectivity index is 2.80. The minimum absolute atomic E-state index is 0.231. The lowest BCUT2D eigenvalue weighted by molar-refractivity contribution is 0.0698. The van der Waals surface area contributed by atoms with E-state index in [1.807, 2.05) is 50.5 Å². The van der Waals surface area contributed by atoms with E-state index in [4.69, 9.17) is 0 Å². The van der Waals surface area contributed by atoms with Crippen LogP contribution in [0.2, 0.25) is 0 Å². The third-order valence-corrected chi connectivity index (χ3v) is 3.33. The van der Waals surface area contributed by atoms with Crippen molar-refractivity contribution in [1.29, 1.82) is 0 Å². The largest absolute Gasteiger partial charge is 0.478 e. The summed E-state index contributed by atoms with van der Waals surface area (Å²) in [6, 6.07) is 11.5. The van der Waals surface area contributed by atoms with Gasteiger partial charge in [0.25, 0.3) is 0 Å². The molecule has 0 aliphatic rings. The molecule has 110 valence electrons. The molecule has 0 radical (unpaired) electrons. The number of rotatable bonds is 4. The molecule has 0 aliphatic carbocycles. The quantitative estimate of drug-likeness (QED) is 0.931. The lowest BCUT2D eigenvalue weighted by Crippen LogP contribution is -2.18. The minimum atomic E-state index is -0.958. The number of carbonyl (C=O) groups is 1. The van der Waals surface area contributed by atoms with Crippen molar-refractivity contribution in [3.05, 3.63) is 47.7 Å². The Hall–Kier alpha value is -2.36. The van der Waals surface area contributed by atoms with E-state index in [9.17, 15) is 9.90 Å². The van der Waals surface area contributed by atoms with Crippen LogP contribution in [0, 0.1) is 0 Å². The van der Waals surface area contributed by atoms with Crippen LogP contribution in [0.1, 0.15) is 35.8 Å². The molecule has 0 bridgehead atoms. The Morgan fingerprint density at radius 1 is 1.19 bits per heavy atom. The van der Waals surface area contributed by atoms with E-state index >= 15 is 0 Å². The molecular weight excluding hydrogens is 264 g/mol. The number of hydrogen-bond donors (Lipinski definition) is 1. The summed E-state index contributed by atoms with van der Waals surface area (Å²) in [5.74, 6) is -0.234. The van der Waals surface area contributed by atoms with Crippen molar-refractivity contribution in [1.82, 2.24) is 4.98 Å². The normalized spacial score (nSPS) is 10.7. The summed E-state index contributed by atoms with van der Waals surface area (Å²) in [6.07, 6.45) is 0. The van der Waals surface area contributed by atoms with Gasteiger partial charge in [-0.25, -0.2) is 9.78 Å². The second kappa shape index (κ2) is 5.95. The molecule has 0 atom stereocenters. The van der Waals surface area contributed by atoms with E-state index in [2.05, 4.69) is 18.8 Å². The number of carboxylic acids is 1. The number of hydrogen-bond acceptors (Lipinski definition) is 3. The summed E-state index contributed by atoms with van der Waals surface area (Å²) < 4.78 is 0. The molecular formula is C17H20N2O2. The number of aromatic carboxylic acids is 1. The molecule has 0 aliphatic heterocycles. The van der Waals surface area contributed by atoms with Gasteiger partial charge in [-0.05, 0) is 17.5 Å². The van der Waals surface area contributed by atoms with E-state index in [-0.39, 0.29) is 11.5 Å². The highest BCUT2D eigenvalue weighted by atomic mass is 16.4. The van der Waals surface area contributed by atoms with Crippen LogP contribution in [0.3, 0.4) is 0 Å². The predicted molar refractivity (Wildman–Crippen MR) is 85.0 cm³/mol. The SMILES string of the molecule is CC(C)c1cc(-c2ccccc2)c(C(=O)O)c(N(C)C)n1. The molecule has 21 heavy (non-hydrogen) atoms. The summed E-state index contributed by atoms with van der Waals surface area (Å²) in [5, 5.41) is 9.62. The zero-order valence-electron chi connectivity index (χ0n) is 12.8. The standard InChI is InChI=1S/C17H20N2O2/c1-11(2)14-10-13(12-8-6-5-7-9-12)15(17(20)21)16(18-14)19(3)4/h5-11H,1-4H3,(H,20,21). The molecule has 0 fully saturated rings. The third-order valence-electron chi connectivity index (χ3n) is 3.33. The summed E-state index contributed by atoms with van der Waals surface area (Å²) in [7, 11) is 3.63. The average molecular weight is 284 g/mol. The molecule has 0 spiro atoms. The molecule has 1 aromatic heterocycles. The Labute approximate surface area is 125 Å². The number of anilines is 1. The molecule has 0 saturated heterocycles. The highest BCUT2D eigenvalue weighted by Crippen LogP contribution is 2.32. The van der Waals surface area contributed by atoms with Gasteiger partial charge in [0.2, 0.25) is 0 Å². The van der Waals surface area contributed by atoms with Crippen molar-refractivity contribution in [3.63, 3.8) is 0 Å². The fourth-order valence-corrected chi connectivity index (χ4v) is 2.23. The van der Waals surface area contributed by atoms with Crippen LogP contribution in [0.15, 0.2) is 36.4 Å². The second-order valence-electron chi connectivity index (χ2n) is 5.51. The number of pyridine rings is 1. The molecule has 1 heterocycles. The average Bonchev–Trinajstić information content (AvgIpc) is 2.46. The molecule has 2 aromatic rings. The first-order chi connectivity index (χ1) is 9.91. The van der Waals surface area contributed by atoms with Crippen LogP contribution in [0.4, 0.5) is 5.82 Å². The van der Waals surface area contributed by atoms with Crippen LogP contribution in [0.25, 0.3) is 11.1 Å². The lowest BCUT2D eigenvalue weighted by atomic mass is 9.97. The van der Waals surface area contributed by atoms with Gasteiger partial charge < -0.3 is 10.0 Å². The van der Waals surface area contributed by atoms with Gasteiger partial charge in [-0.15, -0.1) is 0 Å². The van der Waals surface area contributed by atoms with Gasteiger partial charge in [-0.3, -0.25) is 0 Å². The van der Waals surface area contributed by atoms with Crippen LogP contribution in [-0.4, -0.2) is 30.2 Å². The maximum absolute atomic E-state index is 11.7. The molecule has 0 unspecified atom stereocenters. The molecule has 4 nitrogen and oxygen atoms in total. The van der Waals surface area contributed by atoms with E-state index < -0.39 is 5.97 Å². The molecule has 4 heteroatoms. The summed E-state index contributed by atoms with van der Waals surface area (Å²) in [4.78, 5) is 18.0. The van der Waals surface area contributed by atoms with Crippen molar-refractivity contribution >= 4 is 11.8 Å². The van der Waals surface area contributed by atoms with Gasteiger partial charge in [0.05, 0.1) is 0 Å². The van der Waals surface area contributed by atoms with Gasteiger partial charge in [0.1, 0.15) is 11.4 Å². The number of carboxylic acid groups (broad SMARTS) is 1. The Kier molecular flexibility index (Phi) is 4.26. The van der Waals surface area contributed by atoms with Gasteiger partial charge in [-0.2, -0.15) is 0 Å². The van der Waals surface area contributed by atoms with Crippen LogP contribution in [-0.2, 0) is 0 Å². The Morgan fingerprint density at radius 2 is 1.81 bits per heavy atom. The summed E-state index contributed by atoms with van der Waals surface area (Å²) >= 11 is 0. The first-order valence-electron chi connectivity index (χ1n) is 6.92. The van der Waals surface area contributed by atoms with Crippen molar-refractivity contribution < 1.29 is 9.90 Å². The summed E-state index contributed by atoms with van der Waals surface area (Å²) in [5.41, 5.74) is 2.74. The first-order valence-corrected chi connectivity index (χ1v) is 6.92. The minimum Gasteiger partial charge on any atom is -0.478 e. The monoisotopic (exact) mass is 284 g/mol. The fourth-order valence-electron chi connectivity index (χ4n) is 2.23. The number of nitrogens with zero attached hydrogens (tertiary/aromatic N) is 2. The molecule has 2 rings (SSSR count). The Bertz CT molecular complexity index is 649. The first kappa shape index (κ1) is 15.0. The van der Waals surface area contributed by atoms with Crippen molar-refractivity contribution in [2.75, 3.05) is 19.0 Å². The van der Waals surface area contributed by atoms with Crippen molar-refractivity contribution in [2.24, 2.45) is 0 Å². The van der Waals surface area contributed by atoms with E-state index in [1.165, 1.54) is 0 Å². The van der Waals surface area contributed by atoms with Gasteiger partial charge >= 0.3 is 5.97 Å². The summed E-state index contributed by atoms with van der Waals surface area (Å²) in [6.45, 7) is 4.11. The molecule has 1 N–H and O–H groups in total. The number of benzene rings is 1. The zero-order chi connectivity index (χ0) is 15.6. The maximum atomic E-state index is 11.7. The van der Waals surface area contributed by atoms with Crippen molar-refractivity contribution in [3.8, 4) is 11.1 Å². The van der Waals surface area contributed by atoms with Crippen LogP contribution >= 0.6 is 0 Å². The fraction of sp³-hybridized carbons (Fsp3) is 0.294. The van der Waals surface area contributed by atoms with E-state index in [1.54, 1.807) is 4.90 Å². The third kappa shape index (κ3) is 3.05. The topological polar surface area (TPSA) is 53.4 Å². The predicted octanol–water partition coefficient (Wildman–Crippen LogP) is 3.64. The van der Waals surface area contributed by atoms with Crippen molar-refractivity contribution in [2.45, 2.75) is 19.8 Å². The van der Waals surface area contributed by atoms with Gasteiger partial charge in [0.15, 0.2) is 0 Å². The van der Waals surface area contributed by atoms with Crippen LogP contribution < -0.4 is 4.90 Å². The second-order valence-corrected chi connectivity index (χ2v) is 5.51. The smallest absolute Gasteiger partial charge is 0.340 e. The van der Waals surface area contributed by atoms with E-state index in [0.29, 0.717) is 11.4 Å². The van der Waals surface area contributed by atoms with Gasteiger partial charge in [0, 0.05) is 25.4 Å². The highest BCUT2D eigenvalue weighted by molar-refractivity contribution is 6.01. The zero-order valence-corrected chi connectivity index (χ0v) is 12.8. The molecule has 0 saturated carbocycles. The molecule has 0 amide bonds. The number of aromatic nitrogens is 1. The highest BCUT2D eigenvalue weighted by Gasteiger charge is 2.21. The Morgan fingerprint density at radius 3 is 2.29 bits per heavy atom. The lowest BCUT2D eigenvalue weighted by Gasteiger charge is -2.20.